The zero-order valence-corrected chi connectivity index (χ0v) is 27.3. The summed E-state index contributed by atoms with van der Waals surface area (Å²) in [5.41, 5.74) is 2.89. The average Bonchev–Trinajstić information content (AvgIpc) is 3.09. The van der Waals surface area contributed by atoms with E-state index in [1.807, 2.05) is 72.8 Å². The van der Waals surface area contributed by atoms with Crippen LogP contribution in [0.25, 0.3) is 0 Å². The Hall–Kier alpha value is -2.88. The van der Waals surface area contributed by atoms with E-state index in [1.54, 1.807) is 0 Å². The maximum Gasteiger partial charge on any atom is 0.145 e. The molecule has 45 heavy (non-hydrogen) atoms. The van der Waals surface area contributed by atoms with Crippen LogP contribution in [0, 0.1) is 0 Å². The molecule has 4 aromatic rings. The van der Waals surface area contributed by atoms with Crippen molar-refractivity contribution in [3.05, 3.63) is 131 Å². The van der Waals surface area contributed by atoms with E-state index in [2.05, 4.69) is 60.0 Å². The summed E-state index contributed by atoms with van der Waals surface area (Å²) >= 11 is 8.03. The Morgan fingerprint density at radius 2 is 1.38 bits per heavy atom. The van der Waals surface area contributed by atoms with Gasteiger partial charge in [-0.25, -0.2) is 0 Å². The largest absolute Gasteiger partial charge is 0.389 e. The van der Waals surface area contributed by atoms with Gasteiger partial charge >= 0.3 is 0 Å². The van der Waals surface area contributed by atoms with Gasteiger partial charge in [-0.2, -0.15) is 0 Å². The molecule has 0 aromatic heterocycles. The summed E-state index contributed by atoms with van der Waals surface area (Å²) in [5.74, 6) is 0. The quantitative estimate of drug-likeness (QED) is 0.183. The minimum absolute atomic E-state index is 0.0527. The lowest BCUT2D eigenvalue weighted by atomic mass is 9.80. The fourth-order valence-corrected chi connectivity index (χ4v) is 8.08. The smallest absolute Gasteiger partial charge is 0.145 e. The number of aliphatic hydroxyl groups is 2. The summed E-state index contributed by atoms with van der Waals surface area (Å²) in [6.07, 6.45) is -3.43. The second kappa shape index (κ2) is 14.3. The van der Waals surface area contributed by atoms with Crippen LogP contribution >= 0.6 is 23.4 Å². The SMILES string of the molecule is CCN(CC)CCN1c2cc(Cl)ccc2S[C@H]2[C@@H](O)[C@H](O)[C@H](COC(c3ccccc3)(c3ccccc3)c3ccccc3)O[C@H]21. The lowest BCUT2D eigenvalue weighted by Gasteiger charge is -2.51. The molecule has 1 fully saturated rings. The maximum absolute atomic E-state index is 11.6. The van der Waals surface area contributed by atoms with Crippen molar-refractivity contribution < 1.29 is 19.7 Å². The third-order valence-corrected chi connectivity index (χ3v) is 10.6. The molecule has 5 atom stereocenters. The molecule has 0 bridgehead atoms. The molecule has 4 aromatic carbocycles. The summed E-state index contributed by atoms with van der Waals surface area (Å²) in [4.78, 5) is 5.59. The van der Waals surface area contributed by atoms with Crippen LogP contribution in [0.2, 0.25) is 5.02 Å². The molecule has 6 rings (SSSR count). The number of aliphatic hydroxyl groups excluding tert-OH is 2. The first-order chi connectivity index (χ1) is 22.0. The van der Waals surface area contributed by atoms with Gasteiger partial charge in [0.15, 0.2) is 0 Å². The van der Waals surface area contributed by atoms with E-state index in [4.69, 9.17) is 21.1 Å². The molecular weight excluding hydrogens is 604 g/mol. The van der Waals surface area contributed by atoms with Gasteiger partial charge in [-0.05, 0) is 48.0 Å². The van der Waals surface area contributed by atoms with E-state index in [9.17, 15) is 10.2 Å². The van der Waals surface area contributed by atoms with Crippen LogP contribution in [0.1, 0.15) is 30.5 Å². The number of likely N-dealkylation sites (N-methyl/N-ethyl adjacent to an activating group) is 1. The second-order valence-electron chi connectivity index (χ2n) is 11.6. The van der Waals surface area contributed by atoms with Crippen molar-refractivity contribution >= 4 is 29.1 Å². The fraction of sp³-hybridized carbons (Fsp3) is 0.351. The van der Waals surface area contributed by atoms with Crippen molar-refractivity contribution in [3.63, 3.8) is 0 Å². The summed E-state index contributed by atoms with van der Waals surface area (Å²) in [7, 11) is 0. The minimum atomic E-state index is -1.14. The molecule has 0 amide bonds. The molecule has 2 heterocycles. The van der Waals surface area contributed by atoms with Crippen molar-refractivity contribution in [2.75, 3.05) is 37.7 Å². The maximum atomic E-state index is 11.6. The van der Waals surface area contributed by atoms with E-state index in [-0.39, 0.29) is 11.9 Å². The van der Waals surface area contributed by atoms with Crippen molar-refractivity contribution in [3.8, 4) is 0 Å². The molecule has 0 saturated carbocycles. The molecule has 0 unspecified atom stereocenters. The monoisotopic (exact) mass is 644 g/mol. The van der Waals surface area contributed by atoms with Crippen molar-refractivity contribution in [2.24, 2.45) is 0 Å². The summed E-state index contributed by atoms with van der Waals surface area (Å²) in [5, 5.41) is 23.4. The molecule has 0 spiro atoms. The standard InChI is InChI=1S/C37H41ClN2O4S/c1-3-39(4-2)22-23-40-30-24-29(38)20-21-32(30)45-35-34(42)33(41)31(44-36(35)40)25-43-37(26-14-8-5-9-15-26,27-16-10-6-11-17-27)28-18-12-7-13-19-28/h5-21,24,31,33-36,41-42H,3-4,22-23,25H2,1-2H3/t31-,33+,34-,35-,36+/m0/s1. The number of thioether (sulfide) groups is 1. The van der Waals surface area contributed by atoms with Crippen LogP contribution < -0.4 is 4.90 Å². The van der Waals surface area contributed by atoms with E-state index < -0.39 is 30.1 Å². The van der Waals surface area contributed by atoms with Gasteiger partial charge in [0.05, 0.1) is 23.6 Å². The van der Waals surface area contributed by atoms with Crippen molar-refractivity contribution in [2.45, 2.75) is 54.1 Å². The van der Waals surface area contributed by atoms with Gasteiger partial charge in [0, 0.05) is 23.0 Å². The Morgan fingerprint density at radius 1 is 0.822 bits per heavy atom. The van der Waals surface area contributed by atoms with Gasteiger partial charge in [0.25, 0.3) is 0 Å². The Labute approximate surface area is 275 Å². The van der Waals surface area contributed by atoms with Crippen LogP contribution in [0.15, 0.2) is 114 Å². The molecule has 0 aliphatic carbocycles. The highest BCUT2D eigenvalue weighted by atomic mass is 35.5. The van der Waals surface area contributed by atoms with Gasteiger partial charge in [-0.15, -0.1) is 11.8 Å². The molecule has 2 aliphatic heterocycles. The number of nitrogens with zero attached hydrogens (tertiary/aromatic N) is 2. The van der Waals surface area contributed by atoms with Crippen molar-refractivity contribution in [1.82, 2.24) is 4.90 Å². The molecule has 8 heteroatoms. The Balaban J connectivity index is 1.36. The average molecular weight is 645 g/mol. The Morgan fingerprint density at radius 3 is 1.91 bits per heavy atom. The Bertz CT molecular complexity index is 1430. The third kappa shape index (κ3) is 6.41. The minimum Gasteiger partial charge on any atom is -0.389 e. The fourth-order valence-electron chi connectivity index (χ4n) is 6.55. The number of hydrogen-bond acceptors (Lipinski definition) is 7. The second-order valence-corrected chi connectivity index (χ2v) is 13.2. The van der Waals surface area contributed by atoms with Gasteiger partial charge in [-0.3, -0.25) is 0 Å². The van der Waals surface area contributed by atoms with Gasteiger partial charge in [0.2, 0.25) is 0 Å². The normalized spacial score (nSPS) is 23.1. The van der Waals surface area contributed by atoms with Crippen LogP contribution in [-0.4, -0.2) is 77.7 Å². The number of halogens is 1. The third-order valence-electron chi connectivity index (χ3n) is 9.02. The van der Waals surface area contributed by atoms with E-state index in [0.29, 0.717) is 11.6 Å². The first-order valence-corrected chi connectivity index (χ1v) is 17.0. The van der Waals surface area contributed by atoms with Gasteiger partial charge < -0.3 is 29.5 Å². The van der Waals surface area contributed by atoms with Crippen LogP contribution in [-0.2, 0) is 15.1 Å². The first-order valence-electron chi connectivity index (χ1n) is 15.7. The number of ether oxygens (including phenoxy) is 2. The molecule has 2 aliphatic rings. The number of anilines is 1. The zero-order chi connectivity index (χ0) is 31.4. The highest BCUT2D eigenvalue weighted by Gasteiger charge is 2.51. The number of benzene rings is 4. The number of hydrogen-bond donors (Lipinski definition) is 2. The first kappa shape index (κ1) is 32.1. The molecule has 0 radical (unpaired) electrons. The van der Waals surface area contributed by atoms with Crippen molar-refractivity contribution in [1.29, 1.82) is 0 Å². The number of rotatable bonds is 11. The summed E-state index contributed by atoms with van der Waals surface area (Å²) in [6, 6.07) is 36.3. The lowest BCUT2D eigenvalue weighted by Crippen LogP contribution is -2.64. The molecule has 236 valence electrons. The van der Waals surface area contributed by atoms with Gasteiger partial charge in [-0.1, -0.05) is 116 Å². The predicted octanol–water partition coefficient (Wildman–Crippen LogP) is 6.42. The molecule has 2 N–H and O–H groups in total. The van der Waals surface area contributed by atoms with Crippen LogP contribution in [0.5, 0.6) is 0 Å². The highest BCUT2D eigenvalue weighted by molar-refractivity contribution is 8.00. The lowest BCUT2D eigenvalue weighted by molar-refractivity contribution is -0.191. The summed E-state index contributed by atoms with van der Waals surface area (Å²) < 4.78 is 13.8. The zero-order valence-electron chi connectivity index (χ0n) is 25.7. The number of fused-ring (bicyclic) bond motifs is 2. The van der Waals surface area contributed by atoms with E-state index in [0.717, 1.165) is 46.9 Å². The predicted molar refractivity (Wildman–Crippen MR) is 182 cm³/mol. The van der Waals surface area contributed by atoms with E-state index >= 15 is 0 Å². The highest BCUT2D eigenvalue weighted by Crippen LogP contribution is 2.48. The molecular formula is C37H41ClN2O4S. The topological polar surface area (TPSA) is 65.4 Å². The van der Waals surface area contributed by atoms with Crippen LogP contribution in [0.4, 0.5) is 5.69 Å². The Kier molecular flexibility index (Phi) is 10.2. The van der Waals surface area contributed by atoms with E-state index in [1.165, 1.54) is 11.8 Å². The molecule has 6 nitrogen and oxygen atoms in total. The summed E-state index contributed by atoms with van der Waals surface area (Å²) in [6.45, 7) is 7.77. The van der Waals surface area contributed by atoms with Crippen LogP contribution in [0.3, 0.4) is 0 Å². The molecule has 1 saturated heterocycles. The van der Waals surface area contributed by atoms with Gasteiger partial charge in [0.1, 0.15) is 24.0 Å².